The lowest BCUT2D eigenvalue weighted by Gasteiger charge is -2.15. The average Bonchev–Trinajstić information content (AvgIpc) is 3.20. The molecule has 0 saturated heterocycles. The monoisotopic (exact) mass is 314 g/mol. The summed E-state index contributed by atoms with van der Waals surface area (Å²) in [6.45, 7) is 3.02. The van der Waals surface area contributed by atoms with Crippen LogP contribution in [0.5, 0.6) is 0 Å². The van der Waals surface area contributed by atoms with Crippen LogP contribution in [-0.2, 0) is 16.6 Å². The second kappa shape index (κ2) is 6.05. The Balaban J connectivity index is 2.17. The van der Waals surface area contributed by atoms with Crippen molar-refractivity contribution < 1.29 is 8.42 Å². The molecule has 0 radical (unpaired) electrons. The number of nitrogens with one attached hydrogen (secondary N) is 2. The van der Waals surface area contributed by atoms with Gasteiger partial charge in [-0.15, -0.1) is 0 Å². The number of rotatable bonds is 7. The number of benzene rings is 1. The molecule has 1 aromatic rings. The van der Waals surface area contributed by atoms with Crippen molar-refractivity contribution in [2.45, 2.75) is 36.0 Å². The van der Waals surface area contributed by atoms with Crippen molar-refractivity contribution in [2.24, 2.45) is 0 Å². The number of hydrogen-bond acceptors (Lipinski definition) is 4. The lowest BCUT2D eigenvalue weighted by Crippen LogP contribution is -2.32. The van der Waals surface area contributed by atoms with Crippen LogP contribution in [0, 0.1) is 6.92 Å². The molecule has 112 valence electrons. The molecule has 4 nitrogen and oxygen atoms in total. The summed E-state index contributed by atoms with van der Waals surface area (Å²) < 4.78 is 27.8. The van der Waals surface area contributed by atoms with Gasteiger partial charge in [0.1, 0.15) is 0 Å². The zero-order valence-corrected chi connectivity index (χ0v) is 13.8. The fourth-order valence-electron chi connectivity index (χ4n) is 2.14. The topological polar surface area (TPSA) is 58.2 Å². The van der Waals surface area contributed by atoms with Crippen LogP contribution < -0.4 is 10.0 Å². The molecule has 0 atom stereocenters. The third kappa shape index (κ3) is 3.55. The summed E-state index contributed by atoms with van der Waals surface area (Å²) in [7, 11) is -1.58. The van der Waals surface area contributed by atoms with Crippen LogP contribution in [0.2, 0.25) is 0 Å². The number of hydrogen-bond donors (Lipinski definition) is 2. The Bertz CT molecular complexity index is 581. The minimum Gasteiger partial charge on any atom is -0.316 e. The molecule has 20 heavy (non-hydrogen) atoms. The van der Waals surface area contributed by atoms with E-state index in [2.05, 4.69) is 10.0 Å². The van der Waals surface area contributed by atoms with Crippen LogP contribution in [0.3, 0.4) is 0 Å². The van der Waals surface area contributed by atoms with Gasteiger partial charge >= 0.3 is 0 Å². The van der Waals surface area contributed by atoms with Crippen LogP contribution in [0.25, 0.3) is 0 Å². The first-order valence-electron chi connectivity index (χ1n) is 6.71. The first kappa shape index (κ1) is 15.8. The SMILES string of the molecule is CNCc1ccc(C)c(S(=O)(=O)NCC2(SC)CC2)c1. The van der Waals surface area contributed by atoms with E-state index in [4.69, 9.17) is 0 Å². The molecule has 0 heterocycles. The van der Waals surface area contributed by atoms with Crippen molar-refractivity contribution >= 4 is 21.8 Å². The van der Waals surface area contributed by atoms with E-state index in [0.717, 1.165) is 24.0 Å². The maximum Gasteiger partial charge on any atom is 0.240 e. The Hall–Kier alpha value is -0.560. The summed E-state index contributed by atoms with van der Waals surface area (Å²) in [5, 5.41) is 3.04. The van der Waals surface area contributed by atoms with Crippen molar-refractivity contribution in [3.05, 3.63) is 29.3 Å². The van der Waals surface area contributed by atoms with Gasteiger partial charge in [-0.25, -0.2) is 13.1 Å². The molecular weight excluding hydrogens is 292 g/mol. The summed E-state index contributed by atoms with van der Waals surface area (Å²) in [4.78, 5) is 0.391. The second-order valence-electron chi connectivity index (χ2n) is 5.34. The highest BCUT2D eigenvalue weighted by Gasteiger charge is 2.42. The third-order valence-electron chi connectivity index (χ3n) is 3.75. The highest BCUT2D eigenvalue weighted by atomic mass is 32.2. The van der Waals surface area contributed by atoms with Gasteiger partial charge in [0.05, 0.1) is 4.90 Å². The molecule has 1 saturated carbocycles. The molecule has 1 aromatic carbocycles. The maximum absolute atomic E-state index is 12.5. The minimum atomic E-state index is -3.43. The van der Waals surface area contributed by atoms with E-state index in [1.165, 1.54) is 0 Å². The fourth-order valence-corrected chi connectivity index (χ4v) is 4.38. The molecule has 0 aromatic heterocycles. The number of aryl methyl sites for hydroxylation is 1. The van der Waals surface area contributed by atoms with Gasteiger partial charge in [0.2, 0.25) is 10.0 Å². The molecular formula is C14H22N2O2S2. The smallest absolute Gasteiger partial charge is 0.240 e. The van der Waals surface area contributed by atoms with Gasteiger partial charge in [-0.1, -0.05) is 12.1 Å². The van der Waals surface area contributed by atoms with Gasteiger partial charge in [-0.3, -0.25) is 0 Å². The van der Waals surface area contributed by atoms with E-state index in [1.54, 1.807) is 17.8 Å². The Morgan fingerprint density at radius 2 is 2.05 bits per heavy atom. The van der Waals surface area contributed by atoms with E-state index in [9.17, 15) is 8.42 Å². The highest BCUT2D eigenvalue weighted by molar-refractivity contribution is 8.00. The Morgan fingerprint density at radius 1 is 1.35 bits per heavy atom. The molecule has 1 fully saturated rings. The fraction of sp³-hybridized carbons (Fsp3) is 0.571. The van der Waals surface area contributed by atoms with Crippen LogP contribution in [0.4, 0.5) is 0 Å². The number of thioether (sulfide) groups is 1. The summed E-state index contributed by atoms with van der Waals surface area (Å²) in [5.74, 6) is 0. The molecule has 6 heteroatoms. The Labute approximate surface area is 125 Å². The predicted molar refractivity (Wildman–Crippen MR) is 84.6 cm³/mol. The van der Waals surface area contributed by atoms with E-state index in [-0.39, 0.29) is 4.75 Å². The quantitative estimate of drug-likeness (QED) is 0.807. The summed E-state index contributed by atoms with van der Waals surface area (Å²) in [5.41, 5.74) is 1.76. The highest BCUT2D eigenvalue weighted by Crippen LogP contribution is 2.46. The van der Waals surface area contributed by atoms with E-state index >= 15 is 0 Å². The first-order chi connectivity index (χ1) is 9.42. The Morgan fingerprint density at radius 3 is 2.60 bits per heavy atom. The van der Waals surface area contributed by atoms with Crippen molar-refractivity contribution in [2.75, 3.05) is 19.8 Å². The molecule has 2 N–H and O–H groups in total. The lowest BCUT2D eigenvalue weighted by molar-refractivity contribution is 0.579. The first-order valence-corrected chi connectivity index (χ1v) is 9.42. The van der Waals surface area contributed by atoms with Crippen LogP contribution in [0.15, 0.2) is 23.1 Å². The normalized spacial score (nSPS) is 17.1. The molecule has 2 rings (SSSR count). The van der Waals surface area contributed by atoms with E-state index in [0.29, 0.717) is 18.0 Å². The molecule has 1 aliphatic carbocycles. The molecule has 0 spiro atoms. The molecule has 0 bridgehead atoms. The second-order valence-corrected chi connectivity index (χ2v) is 8.35. The van der Waals surface area contributed by atoms with Gasteiger partial charge in [0, 0.05) is 17.8 Å². The van der Waals surface area contributed by atoms with E-state index in [1.807, 2.05) is 32.4 Å². The molecule has 1 aliphatic rings. The average molecular weight is 314 g/mol. The Kier molecular flexibility index (Phi) is 4.79. The zero-order valence-electron chi connectivity index (χ0n) is 12.2. The van der Waals surface area contributed by atoms with Gasteiger partial charge in [0.25, 0.3) is 0 Å². The van der Waals surface area contributed by atoms with Crippen molar-refractivity contribution in [3.8, 4) is 0 Å². The van der Waals surface area contributed by atoms with Gasteiger partial charge in [-0.05, 0) is 50.3 Å². The largest absolute Gasteiger partial charge is 0.316 e. The van der Waals surface area contributed by atoms with Gasteiger partial charge < -0.3 is 5.32 Å². The molecule has 0 amide bonds. The van der Waals surface area contributed by atoms with Gasteiger partial charge in [0.15, 0.2) is 0 Å². The molecule has 0 unspecified atom stereocenters. The van der Waals surface area contributed by atoms with Crippen molar-refractivity contribution in [3.63, 3.8) is 0 Å². The summed E-state index contributed by atoms with van der Waals surface area (Å²) >= 11 is 1.75. The number of sulfonamides is 1. The van der Waals surface area contributed by atoms with Gasteiger partial charge in [-0.2, -0.15) is 11.8 Å². The molecule has 0 aliphatic heterocycles. The van der Waals surface area contributed by atoms with Crippen LogP contribution in [-0.4, -0.2) is 33.0 Å². The maximum atomic E-state index is 12.5. The summed E-state index contributed by atoms with van der Waals surface area (Å²) in [6, 6.07) is 5.57. The van der Waals surface area contributed by atoms with Crippen molar-refractivity contribution in [1.82, 2.24) is 10.0 Å². The van der Waals surface area contributed by atoms with Crippen LogP contribution in [0.1, 0.15) is 24.0 Å². The zero-order chi connectivity index (χ0) is 14.8. The van der Waals surface area contributed by atoms with Crippen molar-refractivity contribution in [1.29, 1.82) is 0 Å². The lowest BCUT2D eigenvalue weighted by atomic mass is 10.1. The van der Waals surface area contributed by atoms with E-state index < -0.39 is 10.0 Å². The summed E-state index contributed by atoms with van der Waals surface area (Å²) in [6.07, 6.45) is 4.23. The third-order valence-corrected chi connectivity index (χ3v) is 6.71. The van der Waals surface area contributed by atoms with Crippen LogP contribution >= 0.6 is 11.8 Å². The minimum absolute atomic E-state index is 0.129. The standard InChI is InChI=1S/C14H22N2O2S2/c1-11-4-5-12(9-15-2)8-13(11)20(17,18)16-10-14(19-3)6-7-14/h4-5,8,15-16H,6-7,9-10H2,1-3H3. The predicted octanol–water partition coefficient (Wildman–Crippen LogP) is 1.89.